The number of phenolic OH excluding ortho intramolecular Hbond substituents is 1. The molecule has 2 unspecified atom stereocenters. The molecule has 7 amide bonds. The zero-order valence-corrected chi connectivity index (χ0v) is 45.3. The Bertz CT molecular complexity index is 2110. The van der Waals surface area contributed by atoms with Gasteiger partial charge in [-0.25, -0.2) is 0 Å². The number of nitrogens with zero attached hydrogens (tertiary/aromatic N) is 2. The van der Waals surface area contributed by atoms with Crippen LogP contribution in [-0.4, -0.2) is 209 Å². The molecule has 3 heterocycles. The highest BCUT2D eigenvalue weighted by molar-refractivity contribution is 5.98. The van der Waals surface area contributed by atoms with Crippen molar-refractivity contribution in [1.29, 1.82) is 0 Å². The molecule has 4 rings (SSSR count). The van der Waals surface area contributed by atoms with Crippen molar-refractivity contribution >= 4 is 41.4 Å². The van der Waals surface area contributed by atoms with Crippen LogP contribution < -0.4 is 43.4 Å². The summed E-state index contributed by atoms with van der Waals surface area (Å²) in [5.41, 5.74) is 11.3. The van der Waals surface area contributed by atoms with Crippen LogP contribution in [0, 0.1) is 11.8 Å². The zero-order valence-electron chi connectivity index (χ0n) is 45.3. The Balaban J connectivity index is 1.74. The zero-order chi connectivity index (χ0) is 58.0. The van der Waals surface area contributed by atoms with Gasteiger partial charge in [-0.3, -0.25) is 38.9 Å². The lowest BCUT2D eigenvalue weighted by atomic mass is 9.91. The Morgan fingerprint density at radius 2 is 1.35 bits per heavy atom. The fraction of sp³-hybridized carbons (Fsp3) is 0.750. The Labute approximate surface area is 455 Å². The molecular formula is C52H88N10O16. The third-order valence-electron chi connectivity index (χ3n) is 14.9. The maximum Gasteiger partial charge on any atom is 0.248 e. The highest BCUT2D eigenvalue weighted by Gasteiger charge is 2.49. The summed E-state index contributed by atoms with van der Waals surface area (Å²) in [4.78, 5) is 102. The molecule has 78 heavy (non-hydrogen) atoms. The van der Waals surface area contributed by atoms with E-state index < -0.39 is 159 Å². The van der Waals surface area contributed by atoms with Crippen LogP contribution in [0.5, 0.6) is 5.75 Å². The van der Waals surface area contributed by atoms with E-state index >= 15 is 0 Å². The molecular weight excluding hydrogens is 1020 g/mol. The fourth-order valence-electron chi connectivity index (χ4n) is 10.3. The van der Waals surface area contributed by atoms with Gasteiger partial charge in [0, 0.05) is 51.9 Å². The first-order chi connectivity index (χ1) is 36.9. The number of aromatic hydroxyl groups is 1. The average Bonchev–Trinajstić information content (AvgIpc) is 4.01. The van der Waals surface area contributed by atoms with Gasteiger partial charge in [0.2, 0.25) is 41.4 Å². The SMILES string of the molecule is CCC(C)CC(C)CCCCCCCCC(=O)N[C@H]1C[C@@H](O)[C@@H](NCCN)NC(=O)[C@@H]2[C@@H](O)CCN2C(=O)[C@H]([C@H](O)C[C@@H](N)O)NC(=O)[C@H]([C@H](O)[C@@H](O)c2ccc(O)cc2)NC(=O)[C@@H]2C[C@@H](O)CN2C(=O)[C@H]([C@@H](C)O)NC1=O. The average molecular weight is 1110 g/mol. The van der Waals surface area contributed by atoms with E-state index in [4.69, 9.17) is 11.5 Å². The number of unbranched alkanes of at least 4 members (excludes halogenated alkanes) is 5. The van der Waals surface area contributed by atoms with Gasteiger partial charge in [0.05, 0.1) is 30.5 Å². The number of nitrogens with one attached hydrogen (secondary N) is 6. The molecule has 0 saturated carbocycles. The van der Waals surface area contributed by atoms with Crippen LogP contribution in [0.2, 0.25) is 0 Å². The second-order valence-corrected chi connectivity index (χ2v) is 21.5. The van der Waals surface area contributed by atoms with E-state index in [2.05, 4.69) is 52.7 Å². The van der Waals surface area contributed by atoms with E-state index in [1.54, 1.807) is 0 Å². The summed E-state index contributed by atoms with van der Waals surface area (Å²) in [6.07, 6.45) is -9.95. The number of amides is 7. The van der Waals surface area contributed by atoms with E-state index in [9.17, 15) is 79.5 Å². The molecule has 3 aliphatic rings. The van der Waals surface area contributed by atoms with Crippen molar-refractivity contribution in [3.05, 3.63) is 29.8 Å². The predicted octanol–water partition coefficient (Wildman–Crippen LogP) is -3.99. The fourth-order valence-corrected chi connectivity index (χ4v) is 10.3. The number of hydrogen-bond donors (Lipinski definition) is 17. The first-order valence-corrected chi connectivity index (χ1v) is 27.4. The van der Waals surface area contributed by atoms with E-state index in [0.29, 0.717) is 24.7 Å². The molecule has 26 nitrogen and oxygen atoms in total. The Morgan fingerprint density at radius 3 is 1.97 bits per heavy atom. The normalized spacial score (nSPS) is 28.8. The smallest absolute Gasteiger partial charge is 0.248 e. The molecule has 1 aromatic carbocycles. The van der Waals surface area contributed by atoms with Crippen LogP contribution >= 0.6 is 0 Å². The maximum atomic E-state index is 14.6. The van der Waals surface area contributed by atoms with Crippen molar-refractivity contribution in [1.82, 2.24) is 41.7 Å². The third-order valence-corrected chi connectivity index (χ3v) is 14.9. The van der Waals surface area contributed by atoms with Gasteiger partial charge >= 0.3 is 0 Å². The summed E-state index contributed by atoms with van der Waals surface area (Å²) in [5.74, 6) is -6.82. The Kier molecular flexibility index (Phi) is 26.5. The van der Waals surface area contributed by atoms with Gasteiger partial charge in [-0.15, -0.1) is 0 Å². The van der Waals surface area contributed by atoms with Gasteiger partial charge in [-0.2, -0.15) is 0 Å². The van der Waals surface area contributed by atoms with Gasteiger partial charge in [-0.05, 0) is 55.7 Å². The molecule has 17 atom stereocenters. The molecule has 3 aliphatic heterocycles. The van der Waals surface area contributed by atoms with Crippen LogP contribution in [-0.2, 0) is 33.6 Å². The summed E-state index contributed by atoms with van der Waals surface area (Å²) in [7, 11) is 0. The van der Waals surface area contributed by atoms with E-state index in [1.807, 2.05) is 0 Å². The molecule has 1 aromatic rings. The van der Waals surface area contributed by atoms with Crippen molar-refractivity contribution in [2.75, 3.05) is 26.2 Å². The second-order valence-electron chi connectivity index (χ2n) is 21.5. The number of phenols is 1. The van der Waals surface area contributed by atoms with Crippen LogP contribution in [0.25, 0.3) is 0 Å². The highest BCUT2D eigenvalue weighted by atomic mass is 16.3. The lowest BCUT2D eigenvalue weighted by Gasteiger charge is -2.35. The van der Waals surface area contributed by atoms with Crippen molar-refractivity contribution in [3.63, 3.8) is 0 Å². The number of carbonyl (C=O) groups is 7. The molecule has 3 fully saturated rings. The number of aliphatic hydroxyl groups is 8. The quantitative estimate of drug-likeness (QED) is 0.0367. The molecule has 0 aromatic heterocycles. The molecule has 19 N–H and O–H groups in total. The number of aliphatic hydroxyl groups excluding tert-OH is 8. The first kappa shape index (κ1) is 65.4. The molecule has 442 valence electrons. The highest BCUT2D eigenvalue weighted by Crippen LogP contribution is 2.27. The van der Waals surface area contributed by atoms with Crippen LogP contribution in [0.4, 0.5) is 0 Å². The molecule has 26 heteroatoms. The monoisotopic (exact) mass is 1110 g/mol. The summed E-state index contributed by atoms with van der Waals surface area (Å²) in [6, 6.07) is -6.89. The van der Waals surface area contributed by atoms with Crippen molar-refractivity contribution in [2.24, 2.45) is 23.3 Å². The lowest BCUT2D eigenvalue weighted by Crippen LogP contribution is -2.65. The summed E-state index contributed by atoms with van der Waals surface area (Å²) in [5, 5.41) is 114. The molecule has 0 radical (unpaired) electrons. The third kappa shape index (κ3) is 19.0. The van der Waals surface area contributed by atoms with Gasteiger partial charge in [0.1, 0.15) is 66.6 Å². The van der Waals surface area contributed by atoms with Crippen LogP contribution in [0.1, 0.15) is 129 Å². The van der Waals surface area contributed by atoms with Crippen LogP contribution in [0.3, 0.4) is 0 Å². The Morgan fingerprint density at radius 1 is 0.731 bits per heavy atom. The lowest BCUT2D eigenvalue weighted by molar-refractivity contribution is -0.148. The minimum Gasteiger partial charge on any atom is -0.508 e. The van der Waals surface area contributed by atoms with Crippen LogP contribution in [0.15, 0.2) is 24.3 Å². The van der Waals surface area contributed by atoms with Crippen molar-refractivity contribution in [3.8, 4) is 5.75 Å². The summed E-state index contributed by atoms with van der Waals surface area (Å²) in [6.45, 7) is 6.80. The van der Waals surface area contributed by atoms with Crippen molar-refractivity contribution < 1.29 is 79.5 Å². The number of carbonyl (C=O) groups excluding carboxylic acids is 7. The van der Waals surface area contributed by atoms with Gasteiger partial charge < -0.3 is 93.8 Å². The predicted molar refractivity (Wildman–Crippen MR) is 281 cm³/mol. The topological polar surface area (TPSA) is 432 Å². The summed E-state index contributed by atoms with van der Waals surface area (Å²) >= 11 is 0. The molecule has 0 aliphatic carbocycles. The minimum atomic E-state index is -2.33. The first-order valence-electron chi connectivity index (χ1n) is 27.4. The molecule has 0 bridgehead atoms. The number of nitrogens with two attached hydrogens (primary N) is 2. The minimum absolute atomic E-state index is 0.0407. The van der Waals surface area contributed by atoms with Gasteiger partial charge in [0.15, 0.2) is 0 Å². The standard InChI is InChI=1S/C52H88N10O16/c1-5-27(2)22-28(3)12-10-8-6-7-9-11-13-39(70)56-33-24-37(68)46(55-20-19-53)60-50(76)43-35(66)18-21-61(43)52(78)41(36(67)25-38(54)69)58-49(75)42(45(72)44(71)30-14-16-31(64)17-15-30)59-48(74)34-23-32(65)26-62(34)51(77)40(29(4)63)57-47(33)73/h14-17,27-29,32-38,40-46,55,63-69,71-72H,5-13,18-26,53-54H2,1-4H3,(H,56,70)(H,57,73)(H,58,75)(H,59,74)(H,60,76)/t27?,28?,29-,32-,33+,34+,35+,36-,37-,38+,40+,41+,42+,43+,44+,45+,46+/m1/s1. The molecule has 0 spiro atoms. The van der Waals surface area contributed by atoms with E-state index in [-0.39, 0.29) is 43.8 Å². The number of benzene rings is 1. The van der Waals surface area contributed by atoms with E-state index in [0.717, 1.165) is 67.4 Å². The number of hydrogen-bond acceptors (Lipinski definition) is 19. The second kappa shape index (κ2) is 31.6. The van der Waals surface area contributed by atoms with Crippen molar-refractivity contribution in [2.45, 2.75) is 209 Å². The number of rotatable bonds is 23. The van der Waals surface area contributed by atoms with Gasteiger partial charge in [-0.1, -0.05) is 77.8 Å². The Hall–Kier alpha value is -5.13. The molecule has 3 saturated heterocycles. The van der Waals surface area contributed by atoms with Gasteiger partial charge in [0.25, 0.3) is 0 Å². The largest absolute Gasteiger partial charge is 0.508 e. The summed E-state index contributed by atoms with van der Waals surface area (Å²) < 4.78 is 0. The number of fused-ring (bicyclic) bond motifs is 2. The van der Waals surface area contributed by atoms with E-state index in [1.165, 1.54) is 18.6 Å². The maximum absolute atomic E-state index is 14.6.